The maximum atomic E-state index is 4.55. The second kappa shape index (κ2) is 5.92. The highest BCUT2D eigenvalue weighted by molar-refractivity contribution is 5.50. The average molecular weight is 270 g/mol. The molecule has 0 bridgehead atoms. The van der Waals surface area contributed by atoms with Crippen molar-refractivity contribution < 1.29 is 0 Å². The Morgan fingerprint density at radius 3 is 2.90 bits per heavy atom. The second-order valence-electron chi connectivity index (χ2n) is 4.94. The van der Waals surface area contributed by atoms with E-state index in [9.17, 15) is 0 Å². The predicted molar refractivity (Wildman–Crippen MR) is 76.7 cm³/mol. The molecule has 1 aliphatic heterocycles. The summed E-state index contributed by atoms with van der Waals surface area (Å²) in [4.78, 5) is 17.2. The van der Waals surface area contributed by atoms with Crippen LogP contribution in [0.1, 0.15) is 36.8 Å². The molecule has 2 aromatic rings. The van der Waals surface area contributed by atoms with E-state index in [0.717, 1.165) is 30.3 Å². The van der Waals surface area contributed by atoms with Gasteiger partial charge in [0, 0.05) is 24.5 Å². The van der Waals surface area contributed by atoms with Gasteiger partial charge in [0.1, 0.15) is 17.5 Å². The highest BCUT2D eigenvalue weighted by atomic mass is 15.1. The van der Waals surface area contributed by atoms with Gasteiger partial charge < -0.3 is 10.6 Å². The van der Waals surface area contributed by atoms with E-state index in [-0.39, 0.29) is 0 Å². The lowest BCUT2D eigenvalue weighted by atomic mass is 10.0. The first-order valence-electron chi connectivity index (χ1n) is 6.93. The normalized spacial score (nSPS) is 18.8. The Balaban J connectivity index is 1.82. The van der Waals surface area contributed by atoms with E-state index in [0.29, 0.717) is 11.9 Å². The zero-order chi connectivity index (χ0) is 13.8. The molecule has 20 heavy (non-hydrogen) atoms. The summed E-state index contributed by atoms with van der Waals surface area (Å²) in [6, 6.07) is 2.32. The highest BCUT2D eigenvalue weighted by Crippen LogP contribution is 2.23. The van der Waals surface area contributed by atoms with E-state index in [2.05, 4.69) is 30.6 Å². The van der Waals surface area contributed by atoms with Crippen LogP contribution in [0.4, 0.5) is 11.6 Å². The lowest BCUT2D eigenvalue weighted by molar-refractivity contribution is 0.404. The summed E-state index contributed by atoms with van der Waals surface area (Å²) >= 11 is 0. The van der Waals surface area contributed by atoms with E-state index in [1.54, 1.807) is 18.6 Å². The molecule has 6 heteroatoms. The minimum Gasteiger partial charge on any atom is -0.324 e. The van der Waals surface area contributed by atoms with Gasteiger partial charge in [-0.15, -0.1) is 0 Å². The van der Waals surface area contributed by atoms with Crippen LogP contribution in [-0.4, -0.2) is 26.5 Å². The van der Waals surface area contributed by atoms with Crippen LogP contribution in [0.5, 0.6) is 0 Å². The maximum Gasteiger partial charge on any atom is 0.150 e. The monoisotopic (exact) mass is 270 g/mol. The Labute approximate surface area is 118 Å². The van der Waals surface area contributed by atoms with Gasteiger partial charge in [-0.25, -0.2) is 15.0 Å². The Bertz CT molecular complexity index is 565. The largest absolute Gasteiger partial charge is 0.324 e. The fourth-order valence-corrected chi connectivity index (χ4v) is 2.43. The van der Waals surface area contributed by atoms with Crippen molar-refractivity contribution in [2.24, 2.45) is 0 Å². The van der Waals surface area contributed by atoms with Crippen molar-refractivity contribution in [2.45, 2.75) is 32.2 Å². The molecule has 0 amide bonds. The lowest BCUT2D eigenvalue weighted by Crippen LogP contribution is -2.27. The quantitative estimate of drug-likeness (QED) is 0.890. The van der Waals surface area contributed by atoms with Gasteiger partial charge in [-0.05, 0) is 26.3 Å². The molecule has 0 saturated carbocycles. The molecule has 2 N–H and O–H groups in total. The number of aromatic nitrogens is 4. The molecule has 2 aromatic heterocycles. The molecule has 0 spiro atoms. The van der Waals surface area contributed by atoms with Gasteiger partial charge in [0.2, 0.25) is 0 Å². The first-order valence-corrected chi connectivity index (χ1v) is 6.93. The second-order valence-corrected chi connectivity index (χ2v) is 4.94. The number of nitrogens with one attached hydrogen (secondary N) is 2. The van der Waals surface area contributed by atoms with Gasteiger partial charge in [0.15, 0.2) is 0 Å². The molecule has 1 fully saturated rings. The Kier molecular flexibility index (Phi) is 3.83. The lowest BCUT2D eigenvalue weighted by Gasteiger charge is -2.23. The van der Waals surface area contributed by atoms with Gasteiger partial charge in [-0.1, -0.05) is 6.42 Å². The molecule has 6 nitrogen and oxygen atoms in total. The number of nitrogens with zero attached hydrogens (tertiary/aromatic N) is 4. The number of hydrogen-bond acceptors (Lipinski definition) is 6. The van der Waals surface area contributed by atoms with Crippen LogP contribution in [-0.2, 0) is 0 Å². The fourth-order valence-electron chi connectivity index (χ4n) is 2.43. The van der Waals surface area contributed by atoms with E-state index in [4.69, 9.17) is 0 Å². The van der Waals surface area contributed by atoms with Crippen LogP contribution < -0.4 is 10.6 Å². The van der Waals surface area contributed by atoms with Crippen molar-refractivity contribution in [3.8, 4) is 0 Å². The van der Waals surface area contributed by atoms with Gasteiger partial charge in [-0.3, -0.25) is 4.98 Å². The molecule has 0 unspecified atom stereocenters. The highest BCUT2D eigenvalue weighted by Gasteiger charge is 2.17. The third-order valence-electron chi connectivity index (χ3n) is 3.34. The average Bonchev–Trinajstić information content (AvgIpc) is 2.49. The van der Waals surface area contributed by atoms with Gasteiger partial charge in [-0.2, -0.15) is 0 Å². The summed E-state index contributed by atoms with van der Waals surface area (Å²) in [5.74, 6) is 2.22. The summed E-state index contributed by atoms with van der Waals surface area (Å²) in [7, 11) is 0. The number of hydrogen-bond donors (Lipinski definition) is 2. The fraction of sp³-hybridized carbons (Fsp3) is 0.429. The SMILES string of the molecule is Cc1nc(Nc2cnccn2)cc([C@H]2CCCCN2)n1. The molecule has 0 aliphatic carbocycles. The number of anilines is 2. The molecule has 0 radical (unpaired) electrons. The van der Waals surface area contributed by atoms with E-state index in [1.807, 2.05) is 13.0 Å². The summed E-state index contributed by atoms with van der Waals surface area (Å²) in [5, 5.41) is 6.68. The Morgan fingerprint density at radius 2 is 2.15 bits per heavy atom. The first-order chi connectivity index (χ1) is 9.81. The van der Waals surface area contributed by atoms with E-state index in [1.165, 1.54) is 12.8 Å². The van der Waals surface area contributed by atoms with Crippen LogP contribution in [0, 0.1) is 6.92 Å². The summed E-state index contributed by atoms with van der Waals surface area (Å²) < 4.78 is 0. The van der Waals surface area contributed by atoms with Crippen molar-refractivity contribution in [3.63, 3.8) is 0 Å². The maximum absolute atomic E-state index is 4.55. The van der Waals surface area contributed by atoms with Crippen molar-refractivity contribution in [1.82, 2.24) is 25.3 Å². The van der Waals surface area contributed by atoms with Crippen molar-refractivity contribution in [3.05, 3.63) is 36.2 Å². The summed E-state index contributed by atoms with van der Waals surface area (Å²) in [6.07, 6.45) is 8.59. The van der Waals surface area contributed by atoms with E-state index >= 15 is 0 Å². The molecule has 3 rings (SSSR count). The third-order valence-corrected chi connectivity index (χ3v) is 3.34. The van der Waals surface area contributed by atoms with Crippen molar-refractivity contribution >= 4 is 11.6 Å². The molecule has 1 saturated heterocycles. The van der Waals surface area contributed by atoms with Gasteiger partial charge in [0.25, 0.3) is 0 Å². The molecular weight excluding hydrogens is 252 g/mol. The smallest absolute Gasteiger partial charge is 0.150 e. The van der Waals surface area contributed by atoms with Crippen LogP contribution in [0.3, 0.4) is 0 Å². The molecule has 3 heterocycles. The van der Waals surface area contributed by atoms with Crippen LogP contribution >= 0.6 is 0 Å². The number of piperidine rings is 1. The molecular formula is C14H18N6. The molecule has 104 valence electrons. The zero-order valence-corrected chi connectivity index (χ0v) is 11.5. The molecule has 0 aromatic carbocycles. The van der Waals surface area contributed by atoms with Gasteiger partial charge in [0.05, 0.1) is 11.9 Å². The minimum atomic E-state index is 0.327. The van der Waals surface area contributed by atoms with Crippen LogP contribution in [0.15, 0.2) is 24.7 Å². The van der Waals surface area contributed by atoms with Crippen molar-refractivity contribution in [2.75, 3.05) is 11.9 Å². The third kappa shape index (κ3) is 3.08. The van der Waals surface area contributed by atoms with Crippen molar-refractivity contribution in [1.29, 1.82) is 0 Å². The predicted octanol–water partition coefficient (Wildman–Crippen LogP) is 2.13. The summed E-state index contributed by atoms with van der Waals surface area (Å²) in [6.45, 7) is 2.97. The minimum absolute atomic E-state index is 0.327. The Morgan fingerprint density at radius 1 is 1.20 bits per heavy atom. The van der Waals surface area contributed by atoms with Crippen LogP contribution in [0.2, 0.25) is 0 Å². The van der Waals surface area contributed by atoms with E-state index < -0.39 is 0 Å². The van der Waals surface area contributed by atoms with Crippen LogP contribution in [0.25, 0.3) is 0 Å². The standard InChI is InChI=1S/C14H18N6/c1-10-18-12(11-4-2-3-5-16-11)8-13(19-10)20-14-9-15-6-7-17-14/h6-9,11,16H,2-5H2,1H3,(H,17,18,19,20)/t11-/m1/s1. The number of rotatable bonds is 3. The van der Waals surface area contributed by atoms with Gasteiger partial charge >= 0.3 is 0 Å². The zero-order valence-electron chi connectivity index (χ0n) is 11.5. The summed E-state index contributed by atoms with van der Waals surface area (Å²) in [5.41, 5.74) is 1.04. The molecule has 1 atom stereocenters. The molecule has 1 aliphatic rings. The Hall–Kier alpha value is -2.08. The number of aryl methyl sites for hydroxylation is 1. The topological polar surface area (TPSA) is 75.6 Å². The first kappa shape index (κ1) is 12.9.